The van der Waals surface area contributed by atoms with E-state index in [2.05, 4.69) is 9.97 Å². The topological polar surface area (TPSA) is 84.4 Å². The molecule has 0 spiro atoms. The summed E-state index contributed by atoms with van der Waals surface area (Å²) in [5, 5.41) is 9.60. The van der Waals surface area contributed by atoms with E-state index >= 15 is 0 Å². The van der Waals surface area contributed by atoms with Gasteiger partial charge in [0.25, 0.3) is 5.56 Å². The number of methoxy groups -OCH3 is 2. The molecule has 100 valence electrons. The first-order valence-electron chi connectivity index (χ1n) is 5.28. The molecule has 6 nitrogen and oxygen atoms in total. The Morgan fingerprint density at radius 3 is 2.63 bits per heavy atom. The molecule has 0 aliphatic rings. The van der Waals surface area contributed by atoms with Crippen molar-refractivity contribution in [3.05, 3.63) is 32.1 Å². The van der Waals surface area contributed by atoms with Crippen molar-refractivity contribution in [2.45, 2.75) is 0 Å². The van der Waals surface area contributed by atoms with Crippen molar-refractivity contribution >= 4 is 22.6 Å². The summed E-state index contributed by atoms with van der Waals surface area (Å²) < 4.78 is 10.5. The minimum Gasteiger partial charge on any atom is -0.497 e. The number of nitrogens with zero attached hydrogens (tertiary/aromatic N) is 1. The lowest BCUT2D eigenvalue weighted by Crippen LogP contribution is -2.12. The Kier molecular flexibility index (Phi) is 3.93. The molecule has 0 saturated heterocycles. The van der Waals surface area contributed by atoms with Crippen molar-refractivity contribution in [1.29, 1.82) is 0 Å². The van der Waals surface area contributed by atoms with Gasteiger partial charge in [-0.3, -0.25) is 4.79 Å². The highest BCUT2D eigenvalue weighted by Crippen LogP contribution is 2.31. The second kappa shape index (κ2) is 5.47. The number of hydrogen-bond donors (Lipinski definition) is 2. The Balaban J connectivity index is 2.62. The monoisotopic (exact) mass is 374 g/mol. The summed E-state index contributed by atoms with van der Waals surface area (Å²) in [4.78, 5) is 18.2. The summed E-state index contributed by atoms with van der Waals surface area (Å²) in [6.07, 6.45) is 0. The Labute approximate surface area is 122 Å². The number of nitrogens with one attached hydrogen (secondary N) is 1. The number of rotatable bonds is 3. The third-order valence-corrected chi connectivity index (χ3v) is 3.48. The highest BCUT2D eigenvalue weighted by atomic mass is 127. The van der Waals surface area contributed by atoms with E-state index < -0.39 is 5.56 Å². The molecule has 0 aliphatic heterocycles. The molecule has 0 saturated carbocycles. The fraction of sp³-hybridized carbons (Fsp3) is 0.167. The average Bonchev–Trinajstić information content (AvgIpc) is 2.43. The number of hydrogen-bond acceptors (Lipinski definition) is 5. The third kappa shape index (κ3) is 2.65. The molecule has 2 aromatic rings. The zero-order valence-corrected chi connectivity index (χ0v) is 12.4. The summed E-state index contributed by atoms with van der Waals surface area (Å²) in [5.41, 5.74) is 0.160. The molecule has 0 aliphatic carbocycles. The van der Waals surface area contributed by atoms with Crippen LogP contribution in [0.2, 0.25) is 0 Å². The van der Waals surface area contributed by atoms with E-state index in [1.54, 1.807) is 47.9 Å². The maximum absolute atomic E-state index is 11.6. The van der Waals surface area contributed by atoms with E-state index in [1.807, 2.05) is 0 Å². The van der Waals surface area contributed by atoms with Crippen LogP contribution in [0.15, 0.2) is 23.0 Å². The van der Waals surface area contributed by atoms with Gasteiger partial charge in [-0.1, -0.05) is 0 Å². The number of halogens is 1. The van der Waals surface area contributed by atoms with Crippen molar-refractivity contribution in [1.82, 2.24) is 9.97 Å². The summed E-state index contributed by atoms with van der Waals surface area (Å²) in [5.74, 6) is 1.04. The van der Waals surface area contributed by atoms with Crippen LogP contribution in [0.1, 0.15) is 0 Å². The first-order valence-corrected chi connectivity index (χ1v) is 6.36. The SMILES string of the molecule is COc1ccc(-c2nc(O)c(I)c(=O)[nH]2)c(OC)c1. The highest BCUT2D eigenvalue weighted by Gasteiger charge is 2.13. The molecule has 2 N–H and O–H groups in total. The molecular weight excluding hydrogens is 363 g/mol. The Morgan fingerprint density at radius 2 is 2.05 bits per heavy atom. The van der Waals surface area contributed by atoms with Crippen molar-refractivity contribution in [3.8, 4) is 28.8 Å². The smallest absolute Gasteiger partial charge is 0.268 e. The molecule has 0 fully saturated rings. The molecule has 7 heteroatoms. The standard InChI is InChI=1S/C12H11IN2O4/c1-18-6-3-4-7(8(5-6)19-2)10-14-11(16)9(13)12(17)15-10/h3-5H,1-2H3,(H2,14,15,16,17). The first-order chi connectivity index (χ1) is 9.06. The van der Waals surface area contributed by atoms with Crippen LogP contribution in [0.25, 0.3) is 11.4 Å². The molecule has 19 heavy (non-hydrogen) atoms. The number of aromatic hydroxyl groups is 1. The molecule has 0 atom stereocenters. The van der Waals surface area contributed by atoms with E-state index in [4.69, 9.17) is 9.47 Å². The van der Waals surface area contributed by atoms with Crippen molar-refractivity contribution in [2.24, 2.45) is 0 Å². The average molecular weight is 374 g/mol. The molecule has 0 amide bonds. The molecule has 0 radical (unpaired) electrons. The van der Waals surface area contributed by atoms with Gasteiger partial charge in [0.2, 0.25) is 5.88 Å². The van der Waals surface area contributed by atoms with Crippen LogP contribution in [0.4, 0.5) is 0 Å². The van der Waals surface area contributed by atoms with E-state index in [0.29, 0.717) is 17.1 Å². The van der Waals surface area contributed by atoms with Crippen LogP contribution in [0.5, 0.6) is 17.4 Å². The van der Waals surface area contributed by atoms with Crippen LogP contribution in [0.3, 0.4) is 0 Å². The summed E-state index contributed by atoms with van der Waals surface area (Å²) in [7, 11) is 3.05. The number of benzene rings is 1. The summed E-state index contributed by atoms with van der Waals surface area (Å²) in [6, 6.07) is 5.08. The fourth-order valence-corrected chi connectivity index (χ4v) is 1.82. The Morgan fingerprint density at radius 1 is 1.32 bits per heavy atom. The molecule has 2 rings (SSSR count). The summed E-state index contributed by atoms with van der Waals surface area (Å²) >= 11 is 1.73. The van der Waals surface area contributed by atoms with Crippen molar-refractivity contribution in [2.75, 3.05) is 14.2 Å². The predicted molar refractivity (Wildman–Crippen MR) is 77.8 cm³/mol. The number of H-pyrrole nitrogens is 1. The molecule has 1 aromatic heterocycles. The van der Waals surface area contributed by atoms with Gasteiger partial charge >= 0.3 is 0 Å². The van der Waals surface area contributed by atoms with Crippen LogP contribution in [-0.2, 0) is 0 Å². The van der Waals surface area contributed by atoms with Gasteiger partial charge in [-0.2, -0.15) is 4.98 Å². The van der Waals surface area contributed by atoms with Gasteiger partial charge in [0.15, 0.2) is 0 Å². The van der Waals surface area contributed by atoms with Gasteiger partial charge in [0.05, 0.1) is 19.8 Å². The van der Waals surface area contributed by atoms with Gasteiger partial charge in [0, 0.05) is 6.07 Å². The molecular formula is C12H11IN2O4. The van der Waals surface area contributed by atoms with Crippen LogP contribution < -0.4 is 15.0 Å². The quantitative estimate of drug-likeness (QED) is 0.800. The largest absolute Gasteiger partial charge is 0.497 e. The lowest BCUT2D eigenvalue weighted by molar-refractivity contribution is 0.395. The molecule has 1 heterocycles. The zero-order valence-electron chi connectivity index (χ0n) is 10.2. The first kappa shape index (κ1) is 13.7. The predicted octanol–water partition coefficient (Wildman–Crippen LogP) is 1.76. The number of aromatic nitrogens is 2. The van der Waals surface area contributed by atoms with Gasteiger partial charge in [-0.05, 0) is 34.7 Å². The van der Waals surface area contributed by atoms with E-state index in [1.165, 1.54) is 7.11 Å². The van der Waals surface area contributed by atoms with Gasteiger partial charge in [0.1, 0.15) is 20.9 Å². The van der Waals surface area contributed by atoms with E-state index in [9.17, 15) is 9.90 Å². The Bertz CT molecular complexity index is 669. The Hall–Kier alpha value is -1.77. The molecule has 1 aromatic carbocycles. The second-order valence-electron chi connectivity index (χ2n) is 3.62. The number of ether oxygens (including phenoxy) is 2. The van der Waals surface area contributed by atoms with E-state index in [0.717, 1.165) is 0 Å². The van der Waals surface area contributed by atoms with Crippen LogP contribution in [0, 0.1) is 3.57 Å². The third-order valence-electron chi connectivity index (χ3n) is 2.51. The second-order valence-corrected chi connectivity index (χ2v) is 4.70. The lowest BCUT2D eigenvalue weighted by atomic mass is 10.1. The lowest BCUT2D eigenvalue weighted by Gasteiger charge is -2.10. The van der Waals surface area contributed by atoms with Gasteiger partial charge in [-0.15, -0.1) is 0 Å². The normalized spacial score (nSPS) is 10.3. The maximum Gasteiger partial charge on any atom is 0.268 e. The fourth-order valence-electron chi connectivity index (χ4n) is 1.57. The van der Waals surface area contributed by atoms with Crippen LogP contribution in [-0.4, -0.2) is 29.3 Å². The van der Waals surface area contributed by atoms with Crippen molar-refractivity contribution in [3.63, 3.8) is 0 Å². The molecule has 0 bridgehead atoms. The van der Waals surface area contributed by atoms with E-state index in [-0.39, 0.29) is 15.3 Å². The van der Waals surface area contributed by atoms with Crippen molar-refractivity contribution < 1.29 is 14.6 Å². The minimum atomic E-state index is -0.402. The van der Waals surface area contributed by atoms with Gasteiger partial charge in [-0.25, -0.2) is 0 Å². The molecule has 0 unspecified atom stereocenters. The maximum atomic E-state index is 11.6. The van der Waals surface area contributed by atoms with Crippen LogP contribution >= 0.6 is 22.6 Å². The summed E-state index contributed by atoms with van der Waals surface area (Å²) in [6.45, 7) is 0. The highest BCUT2D eigenvalue weighted by molar-refractivity contribution is 14.1. The van der Waals surface area contributed by atoms with Gasteiger partial charge < -0.3 is 19.6 Å². The zero-order chi connectivity index (χ0) is 14.0. The minimum absolute atomic E-state index is 0.147. The number of aromatic amines is 1.